The highest BCUT2D eigenvalue weighted by atomic mass is 19.1. The average molecular weight is 358 g/mol. The molecule has 1 heterocycles. The second kappa shape index (κ2) is 7.01. The summed E-state index contributed by atoms with van der Waals surface area (Å²) in [5, 5.41) is 0. The molecule has 140 valence electrons. The molecule has 1 spiro atoms. The van der Waals surface area contributed by atoms with E-state index in [0.717, 1.165) is 44.3 Å². The van der Waals surface area contributed by atoms with Gasteiger partial charge in [-0.15, -0.1) is 0 Å². The third kappa shape index (κ3) is 3.76. The van der Waals surface area contributed by atoms with Gasteiger partial charge in [-0.25, -0.2) is 4.39 Å². The number of amides is 2. The number of halogens is 1. The van der Waals surface area contributed by atoms with E-state index in [9.17, 15) is 14.0 Å². The molecule has 0 radical (unpaired) electrons. The molecule has 2 aliphatic carbocycles. The molecular weight excluding hydrogens is 331 g/mol. The van der Waals surface area contributed by atoms with Crippen LogP contribution in [0.5, 0.6) is 0 Å². The van der Waals surface area contributed by atoms with E-state index in [1.54, 1.807) is 12.1 Å². The second-order valence-electron chi connectivity index (χ2n) is 8.16. The first-order valence-electron chi connectivity index (χ1n) is 9.88. The van der Waals surface area contributed by atoms with Gasteiger partial charge < -0.3 is 9.80 Å². The second-order valence-corrected chi connectivity index (χ2v) is 8.16. The maximum Gasteiger partial charge on any atom is 0.226 e. The van der Waals surface area contributed by atoms with Crippen molar-refractivity contribution in [3.8, 4) is 0 Å². The van der Waals surface area contributed by atoms with Gasteiger partial charge in [-0.1, -0.05) is 12.1 Å². The Kier molecular flexibility index (Phi) is 4.72. The summed E-state index contributed by atoms with van der Waals surface area (Å²) in [4.78, 5) is 29.0. The van der Waals surface area contributed by atoms with Crippen LogP contribution in [0.4, 0.5) is 4.39 Å². The summed E-state index contributed by atoms with van der Waals surface area (Å²) in [5.41, 5.74) is 1.46. The van der Waals surface area contributed by atoms with E-state index in [1.807, 2.05) is 9.80 Å². The molecular formula is C21H27FN2O2. The van der Waals surface area contributed by atoms with Crippen LogP contribution in [-0.4, -0.2) is 47.8 Å². The molecule has 3 fully saturated rings. The SMILES string of the molecule is O=C(CCCc1ccc(F)cc1)N1CCCN(C(=O)C2CC23CC3)CC1. The zero-order valence-corrected chi connectivity index (χ0v) is 15.3. The lowest BCUT2D eigenvalue weighted by Crippen LogP contribution is -2.38. The lowest BCUT2D eigenvalue weighted by atomic mass is 10.1. The van der Waals surface area contributed by atoms with Gasteiger partial charge in [0.05, 0.1) is 0 Å². The monoisotopic (exact) mass is 358 g/mol. The zero-order chi connectivity index (χ0) is 18.1. The summed E-state index contributed by atoms with van der Waals surface area (Å²) in [6, 6.07) is 6.48. The molecule has 5 heteroatoms. The van der Waals surface area contributed by atoms with Crippen LogP contribution in [0.1, 0.15) is 44.1 Å². The molecule has 1 aliphatic heterocycles. The van der Waals surface area contributed by atoms with E-state index in [-0.39, 0.29) is 17.6 Å². The largest absolute Gasteiger partial charge is 0.341 e. The summed E-state index contributed by atoms with van der Waals surface area (Å²) >= 11 is 0. The highest BCUT2D eigenvalue weighted by molar-refractivity contribution is 5.83. The van der Waals surface area contributed by atoms with Crippen LogP contribution < -0.4 is 0 Å². The summed E-state index contributed by atoms with van der Waals surface area (Å²) in [5.74, 6) is 0.548. The van der Waals surface area contributed by atoms with Crippen molar-refractivity contribution >= 4 is 11.8 Å². The Balaban J connectivity index is 1.21. The third-order valence-corrected chi connectivity index (χ3v) is 6.31. The van der Waals surface area contributed by atoms with E-state index < -0.39 is 0 Å². The number of hydrogen-bond donors (Lipinski definition) is 0. The number of rotatable bonds is 5. The number of nitrogens with zero attached hydrogens (tertiary/aromatic N) is 2. The molecule has 1 aromatic rings. The number of hydrogen-bond acceptors (Lipinski definition) is 2. The standard InChI is InChI=1S/C21H27FN2O2/c22-17-7-5-16(6-8-17)3-1-4-19(25)23-11-2-12-24(14-13-23)20(26)18-15-21(18)9-10-21/h5-8,18H,1-4,9-15H2. The smallest absolute Gasteiger partial charge is 0.226 e. The molecule has 0 bridgehead atoms. The highest BCUT2D eigenvalue weighted by Crippen LogP contribution is 2.70. The number of aryl methyl sites for hydroxylation is 1. The maximum atomic E-state index is 12.9. The summed E-state index contributed by atoms with van der Waals surface area (Å²) in [7, 11) is 0. The van der Waals surface area contributed by atoms with Crippen LogP contribution in [0.25, 0.3) is 0 Å². The molecule has 1 saturated heterocycles. The zero-order valence-electron chi connectivity index (χ0n) is 15.3. The molecule has 4 rings (SSSR count). The van der Waals surface area contributed by atoms with E-state index >= 15 is 0 Å². The van der Waals surface area contributed by atoms with Crippen LogP contribution >= 0.6 is 0 Å². The van der Waals surface area contributed by atoms with Crippen LogP contribution in [-0.2, 0) is 16.0 Å². The van der Waals surface area contributed by atoms with Gasteiger partial charge in [0.25, 0.3) is 0 Å². The highest BCUT2D eigenvalue weighted by Gasteiger charge is 2.66. The first-order chi connectivity index (χ1) is 12.6. The molecule has 0 aromatic heterocycles. The van der Waals surface area contributed by atoms with Gasteiger partial charge in [0.15, 0.2) is 0 Å². The summed E-state index contributed by atoms with van der Waals surface area (Å²) < 4.78 is 12.9. The van der Waals surface area contributed by atoms with Crippen LogP contribution in [0, 0.1) is 17.2 Å². The number of carbonyl (C=O) groups excluding carboxylic acids is 2. The predicted octanol–water partition coefficient (Wildman–Crippen LogP) is 3.01. The fraction of sp³-hybridized carbons (Fsp3) is 0.619. The van der Waals surface area contributed by atoms with E-state index in [1.165, 1.54) is 25.0 Å². The Bertz CT molecular complexity index is 684. The minimum absolute atomic E-state index is 0.173. The molecule has 1 aromatic carbocycles. The van der Waals surface area contributed by atoms with Crippen molar-refractivity contribution in [3.63, 3.8) is 0 Å². The maximum absolute atomic E-state index is 12.9. The Morgan fingerprint density at radius 1 is 1.04 bits per heavy atom. The van der Waals surface area contributed by atoms with Gasteiger partial charge in [0.2, 0.25) is 11.8 Å². The van der Waals surface area contributed by atoms with E-state index in [2.05, 4.69) is 0 Å². The fourth-order valence-corrected chi connectivity index (χ4v) is 4.27. The average Bonchev–Trinajstić information content (AvgIpc) is 3.55. The quantitative estimate of drug-likeness (QED) is 0.812. The molecule has 3 aliphatic rings. The van der Waals surface area contributed by atoms with Gasteiger partial charge >= 0.3 is 0 Å². The minimum atomic E-state index is -0.229. The van der Waals surface area contributed by atoms with E-state index in [4.69, 9.17) is 0 Å². The molecule has 1 unspecified atom stereocenters. The Labute approximate surface area is 154 Å². The molecule has 0 N–H and O–H groups in total. The van der Waals surface area contributed by atoms with Crippen molar-refractivity contribution in [2.75, 3.05) is 26.2 Å². The topological polar surface area (TPSA) is 40.6 Å². The van der Waals surface area contributed by atoms with Crippen molar-refractivity contribution < 1.29 is 14.0 Å². The van der Waals surface area contributed by atoms with Gasteiger partial charge in [-0.05, 0) is 61.6 Å². The fourth-order valence-electron chi connectivity index (χ4n) is 4.27. The summed E-state index contributed by atoms with van der Waals surface area (Å²) in [6.07, 6.45) is 6.49. The molecule has 4 nitrogen and oxygen atoms in total. The Hall–Kier alpha value is -1.91. The van der Waals surface area contributed by atoms with Crippen LogP contribution in [0.3, 0.4) is 0 Å². The van der Waals surface area contributed by atoms with Crippen molar-refractivity contribution in [2.24, 2.45) is 11.3 Å². The van der Waals surface area contributed by atoms with Gasteiger partial charge in [-0.3, -0.25) is 9.59 Å². The van der Waals surface area contributed by atoms with Crippen molar-refractivity contribution in [1.29, 1.82) is 0 Å². The van der Waals surface area contributed by atoms with Crippen LogP contribution in [0.2, 0.25) is 0 Å². The normalized spacial score (nSPS) is 23.7. The van der Waals surface area contributed by atoms with Crippen molar-refractivity contribution in [2.45, 2.75) is 44.9 Å². The number of benzene rings is 1. The van der Waals surface area contributed by atoms with Crippen LogP contribution in [0.15, 0.2) is 24.3 Å². The van der Waals surface area contributed by atoms with E-state index in [0.29, 0.717) is 30.8 Å². The van der Waals surface area contributed by atoms with Gasteiger partial charge in [0.1, 0.15) is 5.82 Å². The predicted molar refractivity (Wildman–Crippen MR) is 96.9 cm³/mol. The molecule has 2 amide bonds. The van der Waals surface area contributed by atoms with Gasteiger partial charge in [0, 0.05) is 38.5 Å². The van der Waals surface area contributed by atoms with Crippen molar-refractivity contribution in [3.05, 3.63) is 35.6 Å². The summed E-state index contributed by atoms with van der Waals surface area (Å²) in [6.45, 7) is 2.86. The molecule has 26 heavy (non-hydrogen) atoms. The number of carbonyl (C=O) groups is 2. The van der Waals surface area contributed by atoms with Crippen molar-refractivity contribution in [1.82, 2.24) is 9.80 Å². The Morgan fingerprint density at radius 3 is 2.42 bits per heavy atom. The third-order valence-electron chi connectivity index (χ3n) is 6.31. The lowest BCUT2D eigenvalue weighted by Gasteiger charge is -2.22. The minimum Gasteiger partial charge on any atom is -0.341 e. The Morgan fingerprint density at radius 2 is 1.73 bits per heavy atom. The first-order valence-corrected chi connectivity index (χ1v) is 9.88. The van der Waals surface area contributed by atoms with Gasteiger partial charge in [-0.2, -0.15) is 0 Å². The lowest BCUT2D eigenvalue weighted by molar-refractivity contribution is -0.134. The molecule has 1 atom stereocenters. The molecule has 2 saturated carbocycles. The first kappa shape index (κ1) is 17.5.